The lowest BCUT2D eigenvalue weighted by Gasteiger charge is -2.30. The second kappa shape index (κ2) is 8.93. The summed E-state index contributed by atoms with van der Waals surface area (Å²) < 4.78 is 5.81. The quantitative estimate of drug-likeness (QED) is 0.739. The highest BCUT2D eigenvalue weighted by atomic mass is 35.5. The zero-order valence-electron chi connectivity index (χ0n) is 15.9. The minimum Gasteiger partial charge on any atom is -0.449 e. The largest absolute Gasteiger partial charge is 0.449 e. The van der Waals surface area contributed by atoms with Crippen molar-refractivity contribution in [2.75, 3.05) is 18.0 Å². The SMILES string of the molecule is CC(C)CCNC(=O)CN1C(=O)C(=Cc2cccc(Cl)c2)Oc2ccccc21. The standard InChI is InChI=1S/C22H23ClN2O3/c1-15(2)10-11-24-21(26)14-25-18-8-3-4-9-19(18)28-20(22(25)27)13-16-6-5-7-17(23)12-16/h3-9,12-13,15H,10-11,14H2,1-2H3,(H,24,26). The Morgan fingerprint density at radius 1 is 1.21 bits per heavy atom. The van der Waals surface area contributed by atoms with Crippen LogP contribution in [0.3, 0.4) is 0 Å². The number of para-hydroxylation sites is 2. The Kier molecular flexibility index (Phi) is 6.37. The Balaban J connectivity index is 1.84. The maximum Gasteiger partial charge on any atom is 0.294 e. The number of anilines is 1. The number of amides is 2. The molecule has 2 aromatic rings. The first-order valence-electron chi connectivity index (χ1n) is 9.27. The molecule has 2 amide bonds. The molecule has 0 atom stereocenters. The number of nitrogens with zero attached hydrogens (tertiary/aromatic N) is 1. The summed E-state index contributed by atoms with van der Waals surface area (Å²) in [7, 11) is 0. The number of fused-ring (bicyclic) bond motifs is 1. The van der Waals surface area contributed by atoms with Crippen LogP contribution in [0.2, 0.25) is 5.02 Å². The average molecular weight is 399 g/mol. The number of benzene rings is 2. The first-order valence-corrected chi connectivity index (χ1v) is 9.64. The van der Waals surface area contributed by atoms with Gasteiger partial charge in [0.1, 0.15) is 6.54 Å². The fourth-order valence-corrected chi connectivity index (χ4v) is 3.07. The fourth-order valence-electron chi connectivity index (χ4n) is 2.87. The third-order valence-electron chi connectivity index (χ3n) is 4.32. The number of carbonyl (C=O) groups excluding carboxylic acids is 2. The number of ether oxygens (including phenoxy) is 1. The maximum absolute atomic E-state index is 13.0. The molecule has 0 saturated heterocycles. The van der Waals surface area contributed by atoms with Gasteiger partial charge in [-0.05, 0) is 48.2 Å². The molecule has 0 aliphatic carbocycles. The van der Waals surface area contributed by atoms with Crippen LogP contribution in [0.1, 0.15) is 25.8 Å². The van der Waals surface area contributed by atoms with Crippen LogP contribution in [-0.2, 0) is 9.59 Å². The van der Waals surface area contributed by atoms with Crippen LogP contribution in [0.25, 0.3) is 6.08 Å². The zero-order chi connectivity index (χ0) is 20.1. The van der Waals surface area contributed by atoms with Gasteiger partial charge in [0, 0.05) is 11.6 Å². The van der Waals surface area contributed by atoms with E-state index in [2.05, 4.69) is 19.2 Å². The number of hydrogen-bond acceptors (Lipinski definition) is 3. The molecule has 0 spiro atoms. The predicted octanol–water partition coefficient (Wildman–Crippen LogP) is 4.27. The van der Waals surface area contributed by atoms with Crippen LogP contribution < -0.4 is 15.0 Å². The number of carbonyl (C=O) groups is 2. The van der Waals surface area contributed by atoms with Crippen LogP contribution >= 0.6 is 11.6 Å². The number of hydrogen-bond donors (Lipinski definition) is 1. The Hall–Kier alpha value is -2.79. The summed E-state index contributed by atoms with van der Waals surface area (Å²) >= 11 is 6.03. The van der Waals surface area contributed by atoms with E-state index in [4.69, 9.17) is 16.3 Å². The van der Waals surface area contributed by atoms with Crippen molar-refractivity contribution in [2.45, 2.75) is 20.3 Å². The summed E-state index contributed by atoms with van der Waals surface area (Å²) in [6.07, 6.45) is 2.52. The van der Waals surface area contributed by atoms with Gasteiger partial charge in [0.2, 0.25) is 5.91 Å². The molecule has 0 fully saturated rings. The van der Waals surface area contributed by atoms with Gasteiger partial charge in [0.05, 0.1) is 5.69 Å². The molecular weight excluding hydrogens is 376 g/mol. The molecular formula is C22H23ClN2O3. The highest BCUT2D eigenvalue weighted by Crippen LogP contribution is 2.35. The van der Waals surface area contributed by atoms with Gasteiger partial charge >= 0.3 is 0 Å². The molecule has 6 heteroatoms. The molecule has 0 aromatic heterocycles. The predicted molar refractivity (Wildman–Crippen MR) is 111 cm³/mol. The Labute approximate surface area is 169 Å². The molecule has 0 radical (unpaired) electrons. The van der Waals surface area contributed by atoms with Crippen LogP contribution in [0.4, 0.5) is 5.69 Å². The maximum atomic E-state index is 13.0. The van der Waals surface area contributed by atoms with Crippen molar-refractivity contribution in [1.29, 1.82) is 0 Å². The lowest BCUT2D eigenvalue weighted by Crippen LogP contribution is -2.44. The van der Waals surface area contributed by atoms with E-state index in [1.807, 2.05) is 18.2 Å². The van der Waals surface area contributed by atoms with E-state index in [1.54, 1.807) is 36.4 Å². The number of halogens is 1. The molecule has 146 valence electrons. The van der Waals surface area contributed by atoms with Gasteiger partial charge in [-0.1, -0.05) is 49.7 Å². The van der Waals surface area contributed by atoms with E-state index < -0.39 is 0 Å². The summed E-state index contributed by atoms with van der Waals surface area (Å²) in [5.41, 5.74) is 1.33. The van der Waals surface area contributed by atoms with Crippen molar-refractivity contribution < 1.29 is 14.3 Å². The second-order valence-corrected chi connectivity index (χ2v) is 7.49. The molecule has 28 heavy (non-hydrogen) atoms. The number of rotatable bonds is 6. The third kappa shape index (κ3) is 4.93. The molecule has 2 aromatic carbocycles. The lowest BCUT2D eigenvalue weighted by atomic mass is 10.1. The van der Waals surface area contributed by atoms with Gasteiger partial charge in [0.15, 0.2) is 11.5 Å². The van der Waals surface area contributed by atoms with Crippen LogP contribution in [0, 0.1) is 5.92 Å². The minimum atomic E-state index is -0.363. The van der Waals surface area contributed by atoms with Crippen molar-refractivity contribution in [3.63, 3.8) is 0 Å². The van der Waals surface area contributed by atoms with Crippen LogP contribution in [-0.4, -0.2) is 24.9 Å². The van der Waals surface area contributed by atoms with E-state index >= 15 is 0 Å². The van der Waals surface area contributed by atoms with Crippen molar-refractivity contribution >= 4 is 35.2 Å². The van der Waals surface area contributed by atoms with E-state index in [0.717, 1.165) is 12.0 Å². The van der Waals surface area contributed by atoms with Crippen LogP contribution in [0.5, 0.6) is 5.75 Å². The Morgan fingerprint density at radius 3 is 2.75 bits per heavy atom. The number of nitrogens with one attached hydrogen (secondary N) is 1. The monoisotopic (exact) mass is 398 g/mol. The van der Waals surface area contributed by atoms with Gasteiger partial charge in [-0.15, -0.1) is 0 Å². The highest BCUT2D eigenvalue weighted by molar-refractivity contribution is 6.30. The smallest absolute Gasteiger partial charge is 0.294 e. The molecule has 1 aliphatic heterocycles. The van der Waals surface area contributed by atoms with Crippen LogP contribution in [0.15, 0.2) is 54.3 Å². The molecule has 1 N–H and O–H groups in total. The fraction of sp³-hybridized carbons (Fsp3) is 0.273. The lowest BCUT2D eigenvalue weighted by molar-refractivity contribution is -0.123. The van der Waals surface area contributed by atoms with Gasteiger partial charge in [-0.25, -0.2) is 0 Å². The van der Waals surface area contributed by atoms with Crippen molar-refractivity contribution in [3.8, 4) is 5.75 Å². The third-order valence-corrected chi connectivity index (χ3v) is 4.56. The van der Waals surface area contributed by atoms with Gasteiger partial charge in [-0.2, -0.15) is 0 Å². The Morgan fingerprint density at radius 2 is 2.00 bits per heavy atom. The summed E-state index contributed by atoms with van der Waals surface area (Å²) in [6.45, 7) is 4.72. The molecule has 5 nitrogen and oxygen atoms in total. The van der Waals surface area contributed by atoms with Crippen molar-refractivity contribution in [1.82, 2.24) is 5.32 Å². The second-order valence-electron chi connectivity index (χ2n) is 7.06. The normalized spacial score (nSPS) is 14.8. The van der Waals surface area contributed by atoms with E-state index in [0.29, 0.717) is 28.9 Å². The molecule has 3 rings (SSSR count). The summed E-state index contributed by atoms with van der Waals surface area (Å²) in [5.74, 6) is 0.616. The Bertz CT molecular complexity index is 908. The molecule has 0 saturated carbocycles. The summed E-state index contributed by atoms with van der Waals surface area (Å²) in [5, 5.41) is 3.44. The molecule has 0 bridgehead atoms. The van der Waals surface area contributed by atoms with Gasteiger partial charge in [-0.3, -0.25) is 14.5 Å². The molecule has 0 unspecified atom stereocenters. The first kappa shape index (κ1) is 20.0. The van der Waals surface area contributed by atoms with Gasteiger partial charge in [0.25, 0.3) is 5.91 Å². The topological polar surface area (TPSA) is 58.6 Å². The zero-order valence-corrected chi connectivity index (χ0v) is 16.7. The van der Waals surface area contributed by atoms with E-state index in [-0.39, 0.29) is 24.1 Å². The van der Waals surface area contributed by atoms with E-state index in [9.17, 15) is 9.59 Å². The van der Waals surface area contributed by atoms with Gasteiger partial charge < -0.3 is 10.1 Å². The highest BCUT2D eigenvalue weighted by Gasteiger charge is 2.31. The summed E-state index contributed by atoms with van der Waals surface area (Å²) in [6, 6.07) is 14.3. The van der Waals surface area contributed by atoms with Crippen molar-refractivity contribution in [3.05, 3.63) is 64.9 Å². The first-order chi connectivity index (χ1) is 13.4. The minimum absolute atomic E-state index is 0.0653. The van der Waals surface area contributed by atoms with E-state index in [1.165, 1.54) is 4.90 Å². The summed E-state index contributed by atoms with van der Waals surface area (Å²) in [4.78, 5) is 26.8. The molecule has 1 aliphatic rings. The average Bonchev–Trinajstić information content (AvgIpc) is 2.65. The molecule has 1 heterocycles. The van der Waals surface area contributed by atoms with Crippen molar-refractivity contribution in [2.24, 2.45) is 5.92 Å².